The summed E-state index contributed by atoms with van der Waals surface area (Å²) in [6, 6.07) is 11.4. The molecule has 4 heteroatoms. The van der Waals surface area contributed by atoms with Gasteiger partial charge in [-0.3, -0.25) is 0 Å². The average molecular weight is 238 g/mol. The molecule has 0 aliphatic carbocycles. The Bertz CT molecular complexity index is 633. The van der Waals surface area contributed by atoms with Crippen LogP contribution < -0.4 is 9.47 Å². The average Bonchev–Trinajstić information content (AvgIpc) is 2.44. The summed E-state index contributed by atoms with van der Waals surface area (Å²) in [5.74, 6) is 0.816. The van der Waals surface area contributed by atoms with E-state index in [9.17, 15) is 10.5 Å². The summed E-state index contributed by atoms with van der Waals surface area (Å²) >= 11 is 0. The highest BCUT2D eigenvalue weighted by Crippen LogP contribution is 2.39. The molecule has 0 fully saturated rings. The molecule has 0 aliphatic rings. The number of ether oxygens (including phenoxy) is 2. The lowest BCUT2D eigenvalue weighted by atomic mass is 9.99. The van der Waals surface area contributed by atoms with Crippen LogP contribution in [0.3, 0.4) is 0 Å². The first-order valence-corrected chi connectivity index (χ1v) is 5.25. The smallest absolute Gasteiger partial charge is 0.146 e. The van der Waals surface area contributed by atoms with Gasteiger partial charge in [0.1, 0.15) is 34.8 Å². The second-order valence-electron chi connectivity index (χ2n) is 3.59. The Kier molecular flexibility index (Phi) is 3.03. The van der Waals surface area contributed by atoms with Crippen molar-refractivity contribution >= 4 is 10.8 Å². The highest BCUT2D eigenvalue weighted by atomic mass is 16.5. The van der Waals surface area contributed by atoms with Crippen LogP contribution in [0.5, 0.6) is 11.5 Å². The summed E-state index contributed by atoms with van der Waals surface area (Å²) < 4.78 is 10.5. The number of nitrogens with zero attached hydrogens (tertiary/aromatic N) is 2. The minimum atomic E-state index is 0.204. The van der Waals surface area contributed by atoms with Crippen LogP contribution in [0.4, 0.5) is 0 Å². The normalized spacial score (nSPS) is 9.56. The van der Waals surface area contributed by atoms with Crippen LogP contribution in [0.15, 0.2) is 24.3 Å². The van der Waals surface area contributed by atoms with Crippen molar-refractivity contribution in [2.75, 3.05) is 14.2 Å². The van der Waals surface area contributed by atoms with Gasteiger partial charge in [0, 0.05) is 10.8 Å². The van der Waals surface area contributed by atoms with Crippen molar-refractivity contribution in [3.05, 3.63) is 35.4 Å². The third kappa shape index (κ3) is 1.52. The van der Waals surface area contributed by atoms with E-state index in [-0.39, 0.29) is 11.1 Å². The molecule has 0 spiro atoms. The van der Waals surface area contributed by atoms with E-state index >= 15 is 0 Å². The molecule has 4 nitrogen and oxygen atoms in total. The van der Waals surface area contributed by atoms with Gasteiger partial charge < -0.3 is 9.47 Å². The molecule has 2 aromatic carbocycles. The van der Waals surface area contributed by atoms with E-state index in [1.165, 1.54) is 14.2 Å². The van der Waals surface area contributed by atoms with Crippen LogP contribution in [-0.4, -0.2) is 14.2 Å². The zero-order chi connectivity index (χ0) is 13.1. The monoisotopic (exact) mass is 238 g/mol. The van der Waals surface area contributed by atoms with Crippen LogP contribution in [0.2, 0.25) is 0 Å². The molecule has 0 bridgehead atoms. The molecule has 0 amide bonds. The molecule has 0 radical (unpaired) electrons. The number of hydrogen-bond donors (Lipinski definition) is 0. The molecular weight excluding hydrogens is 228 g/mol. The van der Waals surface area contributed by atoms with Crippen molar-refractivity contribution in [2.45, 2.75) is 0 Å². The minimum absolute atomic E-state index is 0.204. The van der Waals surface area contributed by atoms with Crippen molar-refractivity contribution in [1.82, 2.24) is 0 Å². The van der Waals surface area contributed by atoms with Crippen molar-refractivity contribution in [3.8, 4) is 23.6 Å². The largest absolute Gasteiger partial charge is 0.495 e. The van der Waals surface area contributed by atoms with Gasteiger partial charge >= 0.3 is 0 Å². The van der Waals surface area contributed by atoms with Crippen molar-refractivity contribution < 1.29 is 9.47 Å². The van der Waals surface area contributed by atoms with Gasteiger partial charge in [-0.25, -0.2) is 0 Å². The fraction of sp³-hybridized carbons (Fsp3) is 0.143. The molecule has 18 heavy (non-hydrogen) atoms. The van der Waals surface area contributed by atoms with Crippen LogP contribution in [-0.2, 0) is 0 Å². The van der Waals surface area contributed by atoms with Gasteiger partial charge in [0.15, 0.2) is 0 Å². The topological polar surface area (TPSA) is 66.0 Å². The standard InChI is InChI=1S/C14H10N2O2/c1-17-13-9-5-3-4-6-10(9)14(18-2)12(8-16)11(13)7-15/h3-6H,1-2H3. The Morgan fingerprint density at radius 2 is 1.22 bits per heavy atom. The first-order chi connectivity index (χ1) is 8.78. The third-order valence-corrected chi connectivity index (χ3v) is 2.75. The van der Waals surface area contributed by atoms with Crippen LogP contribution in [0.25, 0.3) is 10.8 Å². The fourth-order valence-corrected chi connectivity index (χ4v) is 2.01. The molecule has 0 saturated heterocycles. The highest BCUT2D eigenvalue weighted by Gasteiger charge is 2.20. The molecule has 0 aromatic heterocycles. The van der Waals surface area contributed by atoms with Gasteiger partial charge in [0.25, 0.3) is 0 Å². The van der Waals surface area contributed by atoms with Crippen molar-refractivity contribution in [2.24, 2.45) is 0 Å². The van der Waals surface area contributed by atoms with E-state index in [2.05, 4.69) is 0 Å². The number of rotatable bonds is 2. The Morgan fingerprint density at radius 1 is 0.833 bits per heavy atom. The van der Waals surface area contributed by atoms with Crippen molar-refractivity contribution in [3.63, 3.8) is 0 Å². The van der Waals surface area contributed by atoms with E-state index in [1.807, 2.05) is 36.4 Å². The number of benzene rings is 2. The first-order valence-electron chi connectivity index (χ1n) is 5.25. The molecule has 0 aliphatic heterocycles. The quantitative estimate of drug-likeness (QED) is 0.806. The lowest BCUT2D eigenvalue weighted by Gasteiger charge is -2.13. The van der Waals surface area contributed by atoms with E-state index in [1.54, 1.807) is 0 Å². The lowest BCUT2D eigenvalue weighted by Crippen LogP contribution is -1.98. The maximum absolute atomic E-state index is 9.20. The summed E-state index contributed by atoms with van der Waals surface area (Å²) in [5.41, 5.74) is 0.408. The number of fused-ring (bicyclic) bond motifs is 1. The summed E-state index contributed by atoms with van der Waals surface area (Å²) in [7, 11) is 2.96. The van der Waals surface area contributed by atoms with Gasteiger partial charge in [-0.1, -0.05) is 24.3 Å². The summed E-state index contributed by atoms with van der Waals surface area (Å²) in [6.45, 7) is 0. The van der Waals surface area contributed by atoms with Gasteiger partial charge in [-0.05, 0) is 0 Å². The molecule has 2 aromatic rings. The molecule has 0 N–H and O–H groups in total. The van der Waals surface area contributed by atoms with E-state index in [4.69, 9.17) is 9.47 Å². The second-order valence-corrected chi connectivity index (χ2v) is 3.59. The van der Waals surface area contributed by atoms with Crippen LogP contribution >= 0.6 is 0 Å². The van der Waals surface area contributed by atoms with Gasteiger partial charge in [-0.2, -0.15) is 10.5 Å². The predicted octanol–water partition coefficient (Wildman–Crippen LogP) is 2.60. The summed E-state index contributed by atoms with van der Waals surface area (Å²) in [5, 5.41) is 19.9. The number of hydrogen-bond acceptors (Lipinski definition) is 4. The predicted molar refractivity (Wildman–Crippen MR) is 66.5 cm³/mol. The number of methoxy groups -OCH3 is 2. The maximum atomic E-state index is 9.20. The van der Waals surface area contributed by atoms with Gasteiger partial charge in [0.05, 0.1) is 14.2 Å². The van der Waals surface area contributed by atoms with Crippen molar-refractivity contribution in [1.29, 1.82) is 10.5 Å². The molecule has 0 unspecified atom stereocenters. The van der Waals surface area contributed by atoms with Crippen LogP contribution in [0, 0.1) is 22.7 Å². The third-order valence-electron chi connectivity index (χ3n) is 2.75. The summed E-state index contributed by atoms with van der Waals surface area (Å²) in [6.07, 6.45) is 0. The first kappa shape index (κ1) is 11.8. The molecule has 2 rings (SSSR count). The highest BCUT2D eigenvalue weighted by molar-refractivity contribution is 5.98. The minimum Gasteiger partial charge on any atom is -0.495 e. The Morgan fingerprint density at radius 3 is 1.50 bits per heavy atom. The molecular formula is C14H10N2O2. The SMILES string of the molecule is COc1c(C#N)c(C#N)c(OC)c2ccccc12. The zero-order valence-corrected chi connectivity index (χ0v) is 10.0. The second kappa shape index (κ2) is 4.65. The maximum Gasteiger partial charge on any atom is 0.146 e. The Hall–Kier alpha value is -2.72. The zero-order valence-electron chi connectivity index (χ0n) is 10.0. The molecule has 0 saturated carbocycles. The van der Waals surface area contributed by atoms with E-state index < -0.39 is 0 Å². The van der Waals surface area contributed by atoms with Crippen LogP contribution in [0.1, 0.15) is 11.1 Å². The Labute approximate surface area is 105 Å². The van der Waals surface area contributed by atoms with Gasteiger partial charge in [-0.15, -0.1) is 0 Å². The number of nitriles is 2. The molecule has 88 valence electrons. The van der Waals surface area contributed by atoms with E-state index in [0.717, 1.165) is 10.8 Å². The molecule has 0 atom stereocenters. The Balaban J connectivity index is 3.07. The fourth-order valence-electron chi connectivity index (χ4n) is 2.01. The van der Waals surface area contributed by atoms with Gasteiger partial charge in [0.2, 0.25) is 0 Å². The lowest BCUT2D eigenvalue weighted by molar-refractivity contribution is 0.408. The summed E-state index contributed by atoms with van der Waals surface area (Å²) in [4.78, 5) is 0. The van der Waals surface area contributed by atoms with E-state index in [0.29, 0.717) is 11.5 Å². The molecule has 0 heterocycles.